The van der Waals surface area contributed by atoms with Gasteiger partial charge in [0, 0.05) is 33.5 Å². The fourth-order valence-corrected chi connectivity index (χ4v) is 8.62. The Labute approximate surface area is 338 Å². The first kappa shape index (κ1) is 33.6. The van der Waals surface area contributed by atoms with Crippen LogP contribution in [0.2, 0.25) is 0 Å². The first-order chi connectivity index (χ1) is 28.7. The number of benzene rings is 10. The molecule has 0 fully saturated rings. The fraction of sp³-hybridized carbons (Fsp3) is 0. The van der Waals surface area contributed by atoms with Crippen LogP contribution in [0.1, 0.15) is 0 Å². The normalized spacial score (nSPS) is 11.4. The lowest BCUT2D eigenvalue weighted by atomic mass is 9.96. The minimum atomic E-state index is 1.10. The average molecular weight is 739 g/mol. The number of aromatic nitrogens is 1. The van der Waals surface area contributed by atoms with E-state index in [0.717, 1.165) is 22.7 Å². The lowest BCUT2D eigenvalue weighted by molar-refractivity contribution is 1.18. The number of fused-ring (bicyclic) bond motifs is 5. The maximum absolute atomic E-state index is 2.39. The molecule has 0 aliphatic rings. The molecule has 0 saturated carbocycles. The lowest BCUT2D eigenvalue weighted by Crippen LogP contribution is -2.10. The van der Waals surface area contributed by atoms with Crippen LogP contribution >= 0.6 is 0 Å². The second kappa shape index (κ2) is 14.1. The molecule has 0 aliphatic carbocycles. The highest BCUT2D eigenvalue weighted by Crippen LogP contribution is 2.41. The number of para-hydroxylation sites is 2. The molecule has 272 valence electrons. The summed E-state index contributed by atoms with van der Waals surface area (Å²) in [4.78, 5) is 2.39. The summed E-state index contributed by atoms with van der Waals surface area (Å²) in [5.41, 5.74) is 14.2. The van der Waals surface area contributed by atoms with E-state index in [1.165, 1.54) is 76.7 Å². The van der Waals surface area contributed by atoms with Gasteiger partial charge in [-0.1, -0.05) is 152 Å². The van der Waals surface area contributed by atoms with Crippen LogP contribution in [0.15, 0.2) is 231 Å². The molecule has 1 aromatic heterocycles. The van der Waals surface area contributed by atoms with Crippen molar-refractivity contribution in [3.63, 3.8) is 0 Å². The van der Waals surface area contributed by atoms with Crippen molar-refractivity contribution >= 4 is 60.4 Å². The Morgan fingerprint density at radius 3 is 1.41 bits per heavy atom. The molecule has 11 rings (SSSR count). The standard InChI is InChI=1S/C56H38N2/c1-4-12-39(13-5-1)41-26-29-50(30-27-41)57(52-32-33-56-54(38-52)53-18-10-11-19-55(53)58(56)49-16-8-3-9-17-49)51-31-28-46-34-44(24-25-47(46)37-51)45-23-21-42-20-22-43(35-48(42)36-45)40-14-6-2-7-15-40/h1-38H. The smallest absolute Gasteiger partial charge is 0.0542 e. The predicted molar refractivity (Wildman–Crippen MR) is 247 cm³/mol. The van der Waals surface area contributed by atoms with Gasteiger partial charge < -0.3 is 9.47 Å². The van der Waals surface area contributed by atoms with Crippen molar-refractivity contribution in [2.45, 2.75) is 0 Å². The SMILES string of the molecule is c1ccc(-c2ccc(N(c3ccc4cc(-c5ccc6ccc(-c7ccccc7)cc6c5)ccc4c3)c3ccc4c(c3)c3ccccc3n4-c3ccccc3)cc2)cc1. The van der Waals surface area contributed by atoms with E-state index in [1.807, 2.05) is 0 Å². The van der Waals surface area contributed by atoms with E-state index in [0.29, 0.717) is 0 Å². The molecule has 0 saturated heterocycles. The fourth-order valence-electron chi connectivity index (χ4n) is 8.62. The van der Waals surface area contributed by atoms with Gasteiger partial charge in [-0.3, -0.25) is 0 Å². The van der Waals surface area contributed by atoms with Crippen LogP contribution in [-0.2, 0) is 0 Å². The van der Waals surface area contributed by atoms with Crippen molar-refractivity contribution in [2.75, 3.05) is 4.90 Å². The van der Waals surface area contributed by atoms with Crippen LogP contribution in [0.5, 0.6) is 0 Å². The maximum Gasteiger partial charge on any atom is 0.0542 e. The Bertz CT molecular complexity index is 3250. The Morgan fingerprint density at radius 2 is 0.707 bits per heavy atom. The monoisotopic (exact) mass is 738 g/mol. The highest BCUT2D eigenvalue weighted by atomic mass is 15.1. The molecule has 11 aromatic rings. The van der Waals surface area contributed by atoms with E-state index in [2.05, 4.69) is 240 Å². The largest absolute Gasteiger partial charge is 0.310 e. The van der Waals surface area contributed by atoms with Gasteiger partial charge in [0.15, 0.2) is 0 Å². The van der Waals surface area contributed by atoms with E-state index in [-0.39, 0.29) is 0 Å². The van der Waals surface area contributed by atoms with Crippen LogP contribution in [-0.4, -0.2) is 4.57 Å². The first-order valence-corrected chi connectivity index (χ1v) is 19.9. The zero-order valence-electron chi connectivity index (χ0n) is 31.8. The van der Waals surface area contributed by atoms with Gasteiger partial charge in [-0.05, 0) is 134 Å². The Hall–Kier alpha value is -7.68. The van der Waals surface area contributed by atoms with Crippen molar-refractivity contribution in [3.8, 4) is 39.1 Å². The molecule has 0 spiro atoms. The molecule has 0 unspecified atom stereocenters. The summed E-state index contributed by atoms with van der Waals surface area (Å²) in [6.45, 7) is 0. The first-order valence-electron chi connectivity index (χ1n) is 19.9. The van der Waals surface area contributed by atoms with Crippen molar-refractivity contribution in [1.82, 2.24) is 4.57 Å². The van der Waals surface area contributed by atoms with Crippen molar-refractivity contribution in [3.05, 3.63) is 231 Å². The van der Waals surface area contributed by atoms with Gasteiger partial charge in [-0.2, -0.15) is 0 Å². The third kappa shape index (κ3) is 6.00. The van der Waals surface area contributed by atoms with Gasteiger partial charge >= 0.3 is 0 Å². The molecule has 0 radical (unpaired) electrons. The van der Waals surface area contributed by atoms with E-state index < -0.39 is 0 Å². The second-order valence-electron chi connectivity index (χ2n) is 15.0. The summed E-state index contributed by atoms with van der Waals surface area (Å²) in [5, 5.41) is 7.35. The highest BCUT2D eigenvalue weighted by Gasteiger charge is 2.18. The number of anilines is 3. The van der Waals surface area contributed by atoms with Crippen LogP contribution in [0, 0.1) is 0 Å². The summed E-state index contributed by atoms with van der Waals surface area (Å²) in [7, 11) is 0. The Kier molecular flexibility index (Phi) is 8.19. The van der Waals surface area contributed by atoms with Gasteiger partial charge in [-0.25, -0.2) is 0 Å². The second-order valence-corrected chi connectivity index (χ2v) is 15.0. The molecule has 2 heteroatoms. The number of hydrogen-bond acceptors (Lipinski definition) is 1. The Balaban J connectivity index is 1.02. The van der Waals surface area contributed by atoms with Gasteiger partial charge in [0.05, 0.1) is 11.0 Å². The van der Waals surface area contributed by atoms with E-state index >= 15 is 0 Å². The zero-order valence-corrected chi connectivity index (χ0v) is 31.8. The molecular weight excluding hydrogens is 701 g/mol. The Morgan fingerprint density at radius 1 is 0.259 bits per heavy atom. The van der Waals surface area contributed by atoms with Gasteiger partial charge in [0.2, 0.25) is 0 Å². The highest BCUT2D eigenvalue weighted by molar-refractivity contribution is 6.11. The van der Waals surface area contributed by atoms with E-state index in [4.69, 9.17) is 0 Å². The molecule has 0 atom stereocenters. The van der Waals surface area contributed by atoms with E-state index in [1.54, 1.807) is 0 Å². The third-order valence-corrected chi connectivity index (χ3v) is 11.5. The van der Waals surface area contributed by atoms with Gasteiger partial charge in [-0.15, -0.1) is 0 Å². The van der Waals surface area contributed by atoms with Crippen LogP contribution in [0.25, 0.3) is 82.4 Å². The van der Waals surface area contributed by atoms with Crippen LogP contribution < -0.4 is 4.90 Å². The number of hydrogen-bond donors (Lipinski definition) is 0. The molecule has 0 bridgehead atoms. The minimum Gasteiger partial charge on any atom is -0.310 e. The molecule has 2 nitrogen and oxygen atoms in total. The lowest BCUT2D eigenvalue weighted by Gasteiger charge is -2.26. The summed E-state index contributed by atoms with van der Waals surface area (Å²) >= 11 is 0. The zero-order chi connectivity index (χ0) is 38.4. The van der Waals surface area contributed by atoms with Gasteiger partial charge in [0.25, 0.3) is 0 Å². The van der Waals surface area contributed by atoms with Gasteiger partial charge in [0.1, 0.15) is 0 Å². The molecular formula is C56H38N2. The van der Waals surface area contributed by atoms with Crippen LogP contribution in [0.3, 0.4) is 0 Å². The quantitative estimate of drug-likeness (QED) is 0.158. The maximum atomic E-state index is 2.39. The minimum absolute atomic E-state index is 1.10. The van der Waals surface area contributed by atoms with Crippen molar-refractivity contribution < 1.29 is 0 Å². The number of nitrogens with zero attached hydrogens (tertiary/aromatic N) is 2. The average Bonchev–Trinajstić information content (AvgIpc) is 3.63. The number of rotatable bonds is 7. The molecule has 0 N–H and O–H groups in total. The summed E-state index contributed by atoms with van der Waals surface area (Å²) < 4.78 is 2.37. The van der Waals surface area contributed by atoms with Crippen LogP contribution in [0.4, 0.5) is 17.1 Å². The summed E-state index contributed by atoms with van der Waals surface area (Å²) in [6.07, 6.45) is 0. The van der Waals surface area contributed by atoms with Crippen molar-refractivity contribution in [2.24, 2.45) is 0 Å². The van der Waals surface area contributed by atoms with E-state index in [9.17, 15) is 0 Å². The summed E-state index contributed by atoms with van der Waals surface area (Å²) in [6, 6.07) is 83.7. The molecule has 1 heterocycles. The summed E-state index contributed by atoms with van der Waals surface area (Å²) in [5.74, 6) is 0. The topological polar surface area (TPSA) is 8.17 Å². The molecule has 0 aliphatic heterocycles. The predicted octanol–water partition coefficient (Wildman–Crippen LogP) is 15.6. The molecule has 0 amide bonds. The molecule has 10 aromatic carbocycles. The van der Waals surface area contributed by atoms with Crippen molar-refractivity contribution in [1.29, 1.82) is 0 Å². The molecule has 58 heavy (non-hydrogen) atoms. The third-order valence-electron chi connectivity index (χ3n) is 11.5.